The molecule has 158 valence electrons. The van der Waals surface area contributed by atoms with E-state index >= 15 is 0 Å². The fourth-order valence-electron chi connectivity index (χ4n) is 2.92. The molecule has 0 aliphatic carbocycles. The molecule has 2 heterocycles. The summed E-state index contributed by atoms with van der Waals surface area (Å²) in [6.45, 7) is 5.51. The van der Waals surface area contributed by atoms with Crippen LogP contribution in [0.3, 0.4) is 0 Å². The van der Waals surface area contributed by atoms with E-state index in [1.807, 2.05) is 31.2 Å². The lowest BCUT2D eigenvalue weighted by Crippen LogP contribution is -2.39. The number of likely N-dealkylation sites (N-methyl/N-ethyl adjacent to an activating group) is 1. The number of rotatable bonds is 8. The summed E-state index contributed by atoms with van der Waals surface area (Å²) in [6, 6.07) is 9.36. The maximum atomic E-state index is 12.7. The molecule has 0 aliphatic rings. The zero-order valence-electron chi connectivity index (χ0n) is 17.3. The number of benzene rings is 1. The summed E-state index contributed by atoms with van der Waals surface area (Å²) >= 11 is 1.15. The van der Waals surface area contributed by atoms with E-state index in [1.54, 1.807) is 33.2 Å². The normalized spacial score (nSPS) is 11.9. The number of nitrogens with zero attached hydrogens (tertiary/aromatic N) is 3. The largest absolute Gasteiger partial charge is 0.469 e. The first kappa shape index (κ1) is 21.6. The fraction of sp³-hybridized carbons (Fsp3) is 0.333. The van der Waals surface area contributed by atoms with Crippen LogP contribution in [0, 0.1) is 6.92 Å². The molecule has 8 nitrogen and oxygen atoms in total. The third kappa shape index (κ3) is 5.10. The first-order chi connectivity index (χ1) is 14.4. The Hall–Kier alpha value is -3.07. The van der Waals surface area contributed by atoms with Crippen molar-refractivity contribution in [2.24, 2.45) is 0 Å². The molecule has 1 unspecified atom stereocenters. The van der Waals surface area contributed by atoms with E-state index in [0.29, 0.717) is 11.7 Å². The minimum atomic E-state index is -0.496. The zero-order chi connectivity index (χ0) is 21.7. The van der Waals surface area contributed by atoms with Crippen molar-refractivity contribution in [2.45, 2.75) is 37.7 Å². The lowest BCUT2D eigenvalue weighted by Gasteiger charge is -2.20. The maximum Gasteiger partial charge on any atom is 0.277 e. The number of hydrogen-bond donors (Lipinski definition) is 1. The van der Waals surface area contributed by atoms with E-state index in [-0.39, 0.29) is 23.6 Å². The molecule has 0 aliphatic heterocycles. The highest BCUT2D eigenvalue weighted by Gasteiger charge is 2.24. The summed E-state index contributed by atoms with van der Waals surface area (Å²) in [5.41, 5.74) is 2.53. The van der Waals surface area contributed by atoms with Crippen LogP contribution in [0.4, 0.5) is 5.69 Å². The predicted octanol–water partition coefficient (Wildman–Crippen LogP) is 3.78. The van der Waals surface area contributed by atoms with Gasteiger partial charge in [0, 0.05) is 12.7 Å². The number of carbonyl (C=O) groups excluding carboxylic acids is 2. The SMILES string of the molecule is CCc1ccccc1NC(=O)CN(C)C(=O)C(C)Sc1nnc(-c2ccoc2C)o1. The van der Waals surface area contributed by atoms with Gasteiger partial charge in [0.2, 0.25) is 11.8 Å². The standard InChI is InChI=1S/C21H24N4O4S/c1-5-15-8-6-7-9-17(15)22-18(26)12-25(4)20(27)14(3)30-21-24-23-19(29-21)16-10-11-28-13(16)2/h6-11,14H,5,12H2,1-4H3,(H,22,26). The molecule has 0 saturated heterocycles. The molecule has 1 atom stereocenters. The number of nitrogens with one attached hydrogen (secondary N) is 1. The van der Waals surface area contributed by atoms with Gasteiger partial charge in [-0.25, -0.2) is 0 Å². The summed E-state index contributed by atoms with van der Waals surface area (Å²) in [5, 5.41) is 10.6. The van der Waals surface area contributed by atoms with Crippen LogP contribution in [0.1, 0.15) is 25.2 Å². The molecule has 0 radical (unpaired) electrons. The van der Waals surface area contributed by atoms with Crippen molar-refractivity contribution in [2.75, 3.05) is 18.9 Å². The van der Waals surface area contributed by atoms with Crippen LogP contribution in [-0.4, -0.2) is 45.8 Å². The smallest absolute Gasteiger partial charge is 0.277 e. The molecule has 2 aromatic heterocycles. The lowest BCUT2D eigenvalue weighted by molar-refractivity contribution is -0.132. The van der Waals surface area contributed by atoms with E-state index in [4.69, 9.17) is 8.83 Å². The van der Waals surface area contributed by atoms with Crippen LogP contribution in [0.15, 0.2) is 50.7 Å². The van der Waals surface area contributed by atoms with E-state index < -0.39 is 5.25 Å². The monoisotopic (exact) mass is 428 g/mol. The van der Waals surface area contributed by atoms with E-state index in [9.17, 15) is 9.59 Å². The van der Waals surface area contributed by atoms with Gasteiger partial charge in [-0.2, -0.15) is 0 Å². The number of thioether (sulfide) groups is 1. The van der Waals surface area contributed by atoms with Gasteiger partial charge in [-0.3, -0.25) is 9.59 Å². The molecule has 9 heteroatoms. The number of furan rings is 1. The van der Waals surface area contributed by atoms with Gasteiger partial charge >= 0.3 is 0 Å². The molecule has 1 aromatic carbocycles. The first-order valence-corrected chi connectivity index (χ1v) is 10.4. The highest BCUT2D eigenvalue weighted by atomic mass is 32.2. The van der Waals surface area contributed by atoms with Gasteiger partial charge in [0.15, 0.2) is 0 Å². The van der Waals surface area contributed by atoms with Crippen molar-refractivity contribution < 1.29 is 18.4 Å². The molecule has 0 fully saturated rings. The Bertz CT molecular complexity index is 1030. The average Bonchev–Trinajstić information content (AvgIpc) is 3.36. The van der Waals surface area contributed by atoms with E-state index in [2.05, 4.69) is 15.5 Å². The van der Waals surface area contributed by atoms with Crippen LogP contribution in [0.5, 0.6) is 0 Å². The van der Waals surface area contributed by atoms with E-state index in [0.717, 1.165) is 35.0 Å². The Morgan fingerprint density at radius 2 is 2.00 bits per heavy atom. The number of carbonyl (C=O) groups is 2. The summed E-state index contributed by atoms with van der Waals surface area (Å²) < 4.78 is 10.9. The van der Waals surface area contributed by atoms with Gasteiger partial charge in [0.1, 0.15) is 5.76 Å². The summed E-state index contributed by atoms with van der Waals surface area (Å²) in [5.74, 6) is 0.554. The highest BCUT2D eigenvalue weighted by molar-refractivity contribution is 8.00. The zero-order valence-corrected chi connectivity index (χ0v) is 18.2. The van der Waals surface area contributed by atoms with Crippen LogP contribution < -0.4 is 5.32 Å². The molecule has 1 N–H and O–H groups in total. The third-order valence-corrected chi connectivity index (χ3v) is 5.47. The Morgan fingerprint density at radius 1 is 1.23 bits per heavy atom. The number of para-hydroxylation sites is 1. The Balaban J connectivity index is 1.56. The molecule has 2 amide bonds. The number of amides is 2. The van der Waals surface area contributed by atoms with Crippen molar-refractivity contribution >= 4 is 29.3 Å². The maximum absolute atomic E-state index is 12.7. The molecule has 3 rings (SSSR count). The van der Waals surface area contributed by atoms with Gasteiger partial charge in [-0.15, -0.1) is 10.2 Å². The molecular weight excluding hydrogens is 404 g/mol. The van der Waals surface area contributed by atoms with Crippen LogP contribution in [0.2, 0.25) is 0 Å². The summed E-state index contributed by atoms with van der Waals surface area (Å²) in [7, 11) is 1.60. The quantitative estimate of drug-likeness (QED) is 0.545. The van der Waals surface area contributed by atoms with Gasteiger partial charge in [0.05, 0.1) is 23.6 Å². The lowest BCUT2D eigenvalue weighted by atomic mass is 10.1. The molecule has 30 heavy (non-hydrogen) atoms. The van der Waals surface area contributed by atoms with Crippen molar-refractivity contribution in [3.8, 4) is 11.5 Å². The second-order valence-electron chi connectivity index (χ2n) is 6.78. The Morgan fingerprint density at radius 3 is 2.70 bits per heavy atom. The highest BCUT2D eigenvalue weighted by Crippen LogP contribution is 2.28. The van der Waals surface area contributed by atoms with Crippen LogP contribution >= 0.6 is 11.8 Å². The topological polar surface area (TPSA) is 101 Å². The van der Waals surface area contributed by atoms with Gasteiger partial charge in [-0.05, 0) is 38.0 Å². The summed E-state index contributed by atoms with van der Waals surface area (Å²) in [6.07, 6.45) is 2.36. The molecular formula is C21H24N4O4S. The average molecular weight is 429 g/mol. The second kappa shape index (κ2) is 9.62. The summed E-state index contributed by atoms with van der Waals surface area (Å²) in [4.78, 5) is 26.4. The second-order valence-corrected chi connectivity index (χ2v) is 8.07. The van der Waals surface area contributed by atoms with Crippen molar-refractivity contribution in [1.29, 1.82) is 0 Å². The fourth-order valence-corrected chi connectivity index (χ4v) is 3.72. The van der Waals surface area contributed by atoms with Crippen LogP contribution in [0.25, 0.3) is 11.5 Å². The van der Waals surface area contributed by atoms with E-state index in [1.165, 1.54) is 4.90 Å². The molecule has 0 saturated carbocycles. The van der Waals surface area contributed by atoms with Crippen molar-refractivity contribution in [1.82, 2.24) is 15.1 Å². The van der Waals surface area contributed by atoms with Gasteiger partial charge in [0.25, 0.3) is 11.1 Å². The van der Waals surface area contributed by atoms with Crippen molar-refractivity contribution in [3.05, 3.63) is 47.9 Å². The minimum Gasteiger partial charge on any atom is -0.469 e. The number of aromatic nitrogens is 2. The minimum absolute atomic E-state index is 0.0505. The third-order valence-electron chi connectivity index (χ3n) is 4.55. The first-order valence-electron chi connectivity index (χ1n) is 9.56. The number of aryl methyl sites for hydroxylation is 2. The molecule has 0 bridgehead atoms. The Kier molecular flexibility index (Phi) is 6.94. The number of hydrogen-bond acceptors (Lipinski definition) is 7. The van der Waals surface area contributed by atoms with Gasteiger partial charge in [-0.1, -0.05) is 36.9 Å². The van der Waals surface area contributed by atoms with Crippen LogP contribution in [-0.2, 0) is 16.0 Å². The molecule has 0 spiro atoms. The van der Waals surface area contributed by atoms with Gasteiger partial charge < -0.3 is 19.1 Å². The Labute approximate surface area is 179 Å². The predicted molar refractivity (Wildman–Crippen MR) is 114 cm³/mol. The molecule has 3 aromatic rings. The van der Waals surface area contributed by atoms with Crippen molar-refractivity contribution in [3.63, 3.8) is 0 Å². The number of anilines is 1.